The van der Waals surface area contributed by atoms with Gasteiger partial charge in [-0.2, -0.15) is 27.2 Å². The van der Waals surface area contributed by atoms with Gasteiger partial charge in [0.25, 0.3) is 5.91 Å². The number of nitrogens with one attached hydrogen (secondary N) is 2. The Morgan fingerprint density at radius 3 is 3.15 bits per heavy atom. The van der Waals surface area contributed by atoms with E-state index in [1.807, 2.05) is 13.2 Å². The summed E-state index contributed by atoms with van der Waals surface area (Å²) in [5.41, 5.74) is 0.327. The number of rotatable bonds is 4. The van der Waals surface area contributed by atoms with Gasteiger partial charge in [0, 0.05) is 11.8 Å². The number of hydrogen-bond donors (Lipinski definition) is 2. The summed E-state index contributed by atoms with van der Waals surface area (Å²) >= 11 is 1.71. The number of thioether (sulfide) groups is 1. The van der Waals surface area contributed by atoms with E-state index >= 15 is 0 Å². The van der Waals surface area contributed by atoms with E-state index < -0.39 is 0 Å². The minimum Gasteiger partial charge on any atom is -0.349 e. The van der Waals surface area contributed by atoms with Crippen molar-refractivity contribution in [2.24, 2.45) is 0 Å². The van der Waals surface area contributed by atoms with Gasteiger partial charge in [0.2, 0.25) is 0 Å². The minimum atomic E-state index is -0.186. The third-order valence-electron chi connectivity index (χ3n) is 1.60. The van der Waals surface area contributed by atoms with Crippen LogP contribution >= 0.6 is 11.8 Å². The molecule has 0 aromatic carbocycles. The Kier molecular flexibility index (Phi) is 3.75. The molecule has 0 radical (unpaired) electrons. The van der Waals surface area contributed by atoms with Crippen molar-refractivity contribution in [1.82, 2.24) is 20.7 Å². The van der Waals surface area contributed by atoms with Gasteiger partial charge in [0.1, 0.15) is 0 Å². The summed E-state index contributed by atoms with van der Waals surface area (Å²) in [5.74, 6) is -0.186. The van der Waals surface area contributed by atoms with E-state index in [4.69, 9.17) is 0 Å². The average molecular weight is 200 g/mol. The molecule has 6 heteroatoms. The maximum Gasteiger partial charge on any atom is 0.273 e. The van der Waals surface area contributed by atoms with E-state index in [-0.39, 0.29) is 5.91 Å². The Morgan fingerprint density at radius 2 is 2.62 bits per heavy atom. The van der Waals surface area contributed by atoms with Crippen molar-refractivity contribution >= 4 is 17.7 Å². The zero-order valence-corrected chi connectivity index (χ0v) is 8.39. The predicted octanol–water partition coefficient (Wildman–Crippen LogP) is 0.286. The number of nitrogens with zero attached hydrogens (tertiary/aromatic N) is 2. The molecule has 1 atom stereocenters. The van der Waals surface area contributed by atoms with Gasteiger partial charge in [0.05, 0.1) is 6.20 Å². The molecule has 0 saturated heterocycles. The fraction of sp³-hybridized carbons (Fsp3) is 0.571. The molecule has 0 aliphatic carbocycles. The van der Waals surface area contributed by atoms with Gasteiger partial charge < -0.3 is 5.32 Å². The van der Waals surface area contributed by atoms with Gasteiger partial charge in [0.15, 0.2) is 5.69 Å². The summed E-state index contributed by atoms with van der Waals surface area (Å²) < 4.78 is 0. The molecule has 1 amide bonds. The normalized spacial score (nSPS) is 12.5. The number of amides is 1. The standard InChI is InChI=1S/C7H12N4OS/c1-5(13-2)3-8-7(12)6-4-9-11-10-6/h4-5H,3H2,1-2H3,(H,8,12)(H,9,10,11). The second kappa shape index (κ2) is 4.86. The van der Waals surface area contributed by atoms with Crippen molar-refractivity contribution in [1.29, 1.82) is 0 Å². The van der Waals surface area contributed by atoms with Gasteiger partial charge in [-0.1, -0.05) is 6.92 Å². The van der Waals surface area contributed by atoms with Crippen LogP contribution in [0.1, 0.15) is 17.4 Å². The molecule has 1 aromatic rings. The molecule has 0 spiro atoms. The van der Waals surface area contributed by atoms with Crippen molar-refractivity contribution in [3.63, 3.8) is 0 Å². The minimum absolute atomic E-state index is 0.186. The molecular formula is C7H12N4OS. The molecule has 1 unspecified atom stereocenters. The first-order chi connectivity index (χ1) is 6.24. The predicted molar refractivity (Wildman–Crippen MR) is 51.7 cm³/mol. The average Bonchev–Trinajstić information content (AvgIpc) is 2.66. The summed E-state index contributed by atoms with van der Waals surface area (Å²) in [6.07, 6.45) is 3.41. The summed E-state index contributed by atoms with van der Waals surface area (Å²) in [5, 5.41) is 12.8. The van der Waals surface area contributed by atoms with Gasteiger partial charge in [-0.15, -0.1) is 0 Å². The lowest BCUT2D eigenvalue weighted by Gasteiger charge is -2.07. The van der Waals surface area contributed by atoms with Crippen LogP contribution in [0.25, 0.3) is 0 Å². The highest BCUT2D eigenvalue weighted by molar-refractivity contribution is 7.99. The SMILES string of the molecule is CSC(C)CNC(=O)c1cn[nH]n1. The molecule has 72 valence electrons. The Balaban J connectivity index is 2.35. The number of hydrogen-bond acceptors (Lipinski definition) is 4. The lowest BCUT2D eigenvalue weighted by atomic mass is 10.4. The Bertz CT molecular complexity index is 261. The molecule has 5 nitrogen and oxygen atoms in total. The molecule has 13 heavy (non-hydrogen) atoms. The molecule has 0 bridgehead atoms. The van der Waals surface area contributed by atoms with Crippen molar-refractivity contribution in [2.75, 3.05) is 12.8 Å². The van der Waals surface area contributed by atoms with Crippen LogP contribution in [0, 0.1) is 0 Å². The third-order valence-corrected chi connectivity index (χ3v) is 2.57. The molecule has 0 aliphatic heterocycles. The fourth-order valence-electron chi connectivity index (χ4n) is 0.721. The Labute approximate surface area is 80.7 Å². The molecule has 2 N–H and O–H groups in total. The van der Waals surface area contributed by atoms with Crippen LogP contribution in [-0.2, 0) is 0 Å². The quantitative estimate of drug-likeness (QED) is 0.732. The Morgan fingerprint density at radius 1 is 1.85 bits per heavy atom. The van der Waals surface area contributed by atoms with Gasteiger partial charge in [-0.3, -0.25) is 4.79 Å². The number of carbonyl (C=O) groups excluding carboxylic acids is 1. The zero-order valence-electron chi connectivity index (χ0n) is 7.57. The van der Waals surface area contributed by atoms with Crippen molar-refractivity contribution in [2.45, 2.75) is 12.2 Å². The van der Waals surface area contributed by atoms with E-state index in [2.05, 4.69) is 20.7 Å². The first-order valence-electron chi connectivity index (χ1n) is 3.90. The number of aromatic amines is 1. The smallest absolute Gasteiger partial charge is 0.273 e. The van der Waals surface area contributed by atoms with Gasteiger partial charge in [-0.05, 0) is 6.26 Å². The monoisotopic (exact) mass is 200 g/mol. The van der Waals surface area contributed by atoms with Crippen LogP contribution in [0.4, 0.5) is 0 Å². The summed E-state index contributed by atoms with van der Waals surface area (Å²) in [4.78, 5) is 11.3. The van der Waals surface area contributed by atoms with E-state index in [0.29, 0.717) is 17.5 Å². The molecular weight excluding hydrogens is 188 g/mol. The number of aromatic nitrogens is 3. The second-order valence-corrected chi connectivity index (χ2v) is 3.89. The maximum absolute atomic E-state index is 11.3. The van der Waals surface area contributed by atoms with E-state index in [1.165, 1.54) is 6.20 Å². The molecule has 0 fully saturated rings. The zero-order chi connectivity index (χ0) is 9.68. The fourth-order valence-corrected chi connectivity index (χ4v) is 0.971. The van der Waals surface area contributed by atoms with E-state index in [9.17, 15) is 4.79 Å². The molecule has 1 aromatic heterocycles. The lowest BCUT2D eigenvalue weighted by molar-refractivity contribution is 0.0949. The second-order valence-electron chi connectivity index (χ2n) is 2.61. The largest absolute Gasteiger partial charge is 0.349 e. The van der Waals surface area contributed by atoms with Crippen LogP contribution in [0.5, 0.6) is 0 Å². The third kappa shape index (κ3) is 3.06. The summed E-state index contributed by atoms with van der Waals surface area (Å²) in [6.45, 7) is 2.70. The summed E-state index contributed by atoms with van der Waals surface area (Å²) in [7, 11) is 0. The number of H-pyrrole nitrogens is 1. The first kappa shape index (κ1) is 10.0. The molecule has 1 heterocycles. The van der Waals surface area contributed by atoms with Crippen molar-refractivity contribution in [3.05, 3.63) is 11.9 Å². The molecule has 1 rings (SSSR count). The first-order valence-corrected chi connectivity index (χ1v) is 5.19. The topological polar surface area (TPSA) is 70.7 Å². The van der Waals surface area contributed by atoms with Gasteiger partial charge >= 0.3 is 0 Å². The molecule has 0 aliphatic rings. The summed E-state index contributed by atoms with van der Waals surface area (Å²) in [6, 6.07) is 0. The highest BCUT2D eigenvalue weighted by atomic mass is 32.2. The van der Waals surface area contributed by atoms with Crippen LogP contribution in [0.3, 0.4) is 0 Å². The van der Waals surface area contributed by atoms with Crippen LogP contribution in [0.15, 0.2) is 6.20 Å². The highest BCUT2D eigenvalue weighted by Gasteiger charge is 2.08. The number of carbonyl (C=O) groups is 1. The van der Waals surface area contributed by atoms with E-state index in [0.717, 1.165) is 0 Å². The van der Waals surface area contributed by atoms with Crippen molar-refractivity contribution in [3.8, 4) is 0 Å². The van der Waals surface area contributed by atoms with Crippen LogP contribution in [-0.4, -0.2) is 39.4 Å². The lowest BCUT2D eigenvalue weighted by Crippen LogP contribution is -2.29. The van der Waals surface area contributed by atoms with Gasteiger partial charge in [-0.25, -0.2) is 0 Å². The van der Waals surface area contributed by atoms with Crippen molar-refractivity contribution < 1.29 is 4.79 Å². The van der Waals surface area contributed by atoms with E-state index in [1.54, 1.807) is 11.8 Å². The molecule has 0 saturated carbocycles. The van der Waals surface area contributed by atoms with Crippen LogP contribution in [0.2, 0.25) is 0 Å². The highest BCUT2D eigenvalue weighted by Crippen LogP contribution is 2.02. The Hall–Kier alpha value is -1.04. The van der Waals surface area contributed by atoms with Crippen LogP contribution < -0.4 is 5.32 Å². The maximum atomic E-state index is 11.3.